The van der Waals surface area contributed by atoms with Crippen molar-refractivity contribution in [3.05, 3.63) is 75.7 Å². The molecule has 7 heteroatoms. The molecule has 1 aliphatic heterocycles. The summed E-state index contributed by atoms with van der Waals surface area (Å²) in [6.45, 7) is 2.52. The lowest BCUT2D eigenvalue weighted by molar-refractivity contribution is -0.123. The summed E-state index contributed by atoms with van der Waals surface area (Å²) < 4.78 is 10.9. The molecule has 0 radical (unpaired) electrons. The van der Waals surface area contributed by atoms with E-state index in [0.717, 1.165) is 28.1 Å². The van der Waals surface area contributed by atoms with Gasteiger partial charge in [-0.05, 0) is 64.9 Å². The van der Waals surface area contributed by atoms with E-state index in [-0.39, 0.29) is 17.7 Å². The summed E-state index contributed by atoms with van der Waals surface area (Å²) in [4.78, 5) is 27.1. The number of amides is 2. The van der Waals surface area contributed by atoms with Crippen molar-refractivity contribution >= 4 is 51.4 Å². The standard InChI is InChI=1S/C24H20ClNO4S/c1-3-30-20-12-16(11-19(25)22(20)29-2)13-21-23(27)26(24(28)31-21)14-15-8-9-17-6-4-5-7-18(17)10-15/h4-13H,3,14H2,1-2H3/b21-13-. The minimum absolute atomic E-state index is 0.223. The number of carbonyl (C=O) groups is 2. The lowest BCUT2D eigenvalue weighted by atomic mass is 10.1. The summed E-state index contributed by atoms with van der Waals surface area (Å²) in [6.07, 6.45) is 1.65. The van der Waals surface area contributed by atoms with E-state index in [0.29, 0.717) is 33.6 Å². The van der Waals surface area contributed by atoms with Crippen LogP contribution in [0.4, 0.5) is 4.79 Å². The molecule has 1 heterocycles. The predicted octanol–water partition coefficient (Wildman–Crippen LogP) is 6.14. The molecule has 1 aliphatic rings. The van der Waals surface area contributed by atoms with Gasteiger partial charge in [0.2, 0.25) is 0 Å². The van der Waals surface area contributed by atoms with Gasteiger partial charge >= 0.3 is 0 Å². The van der Waals surface area contributed by atoms with E-state index in [4.69, 9.17) is 21.1 Å². The number of rotatable bonds is 6. The van der Waals surface area contributed by atoms with Crippen molar-refractivity contribution in [3.63, 3.8) is 0 Å². The van der Waals surface area contributed by atoms with Crippen LogP contribution in [-0.2, 0) is 11.3 Å². The quantitative estimate of drug-likeness (QED) is 0.420. The zero-order valence-electron chi connectivity index (χ0n) is 17.1. The van der Waals surface area contributed by atoms with Gasteiger partial charge in [-0.2, -0.15) is 0 Å². The number of benzene rings is 3. The Morgan fingerprint density at radius 1 is 1.06 bits per heavy atom. The molecule has 0 saturated carbocycles. The molecule has 1 saturated heterocycles. The maximum Gasteiger partial charge on any atom is 0.293 e. The number of ether oxygens (including phenoxy) is 2. The largest absolute Gasteiger partial charge is 0.491 e. The fraction of sp³-hybridized carbons (Fsp3) is 0.167. The minimum Gasteiger partial charge on any atom is -0.491 e. The molecule has 1 fully saturated rings. The normalized spacial score (nSPS) is 15.2. The third-order valence-corrected chi connectivity index (χ3v) is 6.05. The molecule has 0 aromatic heterocycles. The van der Waals surface area contributed by atoms with Gasteiger partial charge in [-0.15, -0.1) is 0 Å². The predicted molar refractivity (Wildman–Crippen MR) is 125 cm³/mol. The van der Waals surface area contributed by atoms with Crippen molar-refractivity contribution in [2.24, 2.45) is 0 Å². The number of hydrogen-bond donors (Lipinski definition) is 0. The maximum atomic E-state index is 12.9. The number of thioether (sulfide) groups is 1. The highest BCUT2D eigenvalue weighted by Crippen LogP contribution is 2.39. The van der Waals surface area contributed by atoms with E-state index in [9.17, 15) is 9.59 Å². The topological polar surface area (TPSA) is 55.8 Å². The first-order valence-corrected chi connectivity index (χ1v) is 10.9. The van der Waals surface area contributed by atoms with Gasteiger partial charge in [0.15, 0.2) is 11.5 Å². The number of imide groups is 1. The molecule has 3 aromatic rings. The Bertz CT molecular complexity index is 1210. The monoisotopic (exact) mass is 453 g/mol. The van der Waals surface area contributed by atoms with Crippen LogP contribution in [0.3, 0.4) is 0 Å². The van der Waals surface area contributed by atoms with Gasteiger partial charge in [0, 0.05) is 0 Å². The van der Waals surface area contributed by atoms with Gasteiger partial charge in [-0.3, -0.25) is 14.5 Å². The van der Waals surface area contributed by atoms with Crippen LogP contribution in [0.1, 0.15) is 18.1 Å². The highest BCUT2D eigenvalue weighted by molar-refractivity contribution is 8.18. The Labute approximate surface area is 189 Å². The zero-order chi connectivity index (χ0) is 22.0. The summed E-state index contributed by atoms with van der Waals surface area (Å²) >= 11 is 7.22. The average molecular weight is 454 g/mol. The molecule has 158 valence electrons. The van der Waals surface area contributed by atoms with Crippen LogP contribution in [0, 0.1) is 0 Å². The molecule has 5 nitrogen and oxygen atoms in total. The summed E-state index contributed by atoms with van der Waals surface area (Å²) in [6, 6.07) is 17.3. The molecule has 3 aromatic carbocycles. The molecule has 2 amide bonds. The van der Waals surface area contributed by atoms with Crippen molar-refractivity contribution in [1.29, 1.82) is 0 Å². The van der Waals surface area contributed by atoms with Crippen molar-refractivity contribution in [2.75, 3.05) is 13.7 Å². The lowest BCUT2D eigenvalue weighted by Gasteiger charge is -2.13. The summed E-state index contributed by atoms with van der Waals surface area (Å²) in [7, 11) is 1.52. The number of fused-ring (bicyclic) bond motifs is 1. The Kier molecular flexibility index (Phi) is 6.20. The first-order chi connectivity index (χ1) is 15.0. The summed E-state index contributed by atoms with van der Waals surface area (Å²) in [5, 5.41) is 2.25. The van der Waals surface area contributed by atoms with Crippen LogP contribution in [-0.4, -0.2) is 29.8 Å². The van der Waals surface area contributed by atoms with Crippen LogP contribution >= 0.6 is 23.4 Å². The number of halogens is 1. The SMILES string of the molecule is CCOc1cc(/C=C2\SC(=O)N(Cc3ccc4ccccc4c3)C2=O)cc(Cl)c1OC. The second-order valence-electron chi connectivity index (χ2n) is 6.92. The van der Waals surface area contributed by atoms with Gasteiger partial charge in [0.25, 0.3) is 11.1 Å². The molecule has 0 unspecified atom stereocenters. The number of nitrogens with zero attached hydrogens (tertiary/aromatic N) is 1. The van der Waals surface area contributed by atoms with Gasteiger partial charge in [-0.1, -0.05) is 48.0 Å². The first-order valence-electron chi connectivity index (χ1n) is 9.73. The minimum atomic E-state index is -0.326. The van der Waals surface area contributed by atoms with Gasteiger partial charge in [0.1, 0.15) is 0 Å². The molecular formula is C24H20ClNO4S. The van der Waals surface area contributed by atoms with Crippen LogP contribution < -0.4 is 9.47 Å². The number of hydrogen-bond acceptors (Lipinski definition) is 5. The van der Waals surface area contributed by atoms with Crippen molar-refractivity contribution in [3.8, 4) is 11.5 Å². The second kappa shape index (κ2) is 9.04. The van der Waals surface area contributed by atoms with E-state index < -0.39 is 0 Å². The smallest absolute Gasteiger partial charge is 0.293 e. The van der Waals surface area contributed by atoms with E-state index in [1.165, 1.54) is 12.0 Å². The van der Waals surface area contributed by atoms with Crippen molar-refractivity contribution in [1.82, 2.24) is 4.90 Å². The van der Waals surface area contributed by atoms with Crippen LogP contribution in [0.5, 0.6) is 11.5 Å². The lowest BCUT2D eigenvalue weighted by Crippen LogP contribution is -2.27. The molecule has 0 spiro atoms. The van der Waals surface area contributed by atoms with Gasteiger partial charge in [-0.25, -0.2) is 0 Å². The molecular weight excluding hydrogens is 434 g/mol. The Morgan fingerprint density at radius 2 is 1.84 bits per heavy atom. The molecule has 0 aliphatic carbocycles. The highest BCUT2D eigenvalue weighted by atomic mass is 35.5. The fourth-order valence-electron chi connectivity index (χ4n) is 3.44. The third kappa shape index (κ3) is 4.40. The van der Waals surface area contributed by atoms with E-state index >= 15 is 0 Å². The van der Waals surface area contributed by atoms with Gasteiger partial charge < -0.3 is 9.47 Å². The molecule has 4 rings (SSSR count). The summed E-state index contributed by atoms with van der Waals surface area (Å²) in [5.41, 5.74) is 1.55. The molecule has 0 bridgehead atoms. The van der Waals surface area contributed by atoms with E-state index in [2.05, 4.69) is 0 Å². The number of carbonyl (C=O) groups excluding carboxylic acids is 2. The third-order valence-electron chi connectivity index (χ3n) is 4.86. The molecule has 0 N–H and O–H groups in total. The van der Waals surface area contributed by atoms with Crippen LogP contribution in [0.25, 0.3) is 16.8 Å². The first kappa shape index (κ1) is 21.3. The highest BCUT2D eigenvalue weighted by Gasteiger charge is 2.35. The van der Waals surface area contributed by atoms with Crippen LogP contribution in [0.2, 0.25) is 5.02 Å². The Hall–Kier alpha value is -2.96. The average Bonchev–Trinajstić information content (AvgIpc) is 3.01. The zero-order valence-corrected chi connectivity index (χ0v) is 18.6. The summed E-state index contributed by atoms with van der Waals surface area (Å²) in [5.74, 6) is 0.595. The Balaban J connectivity index is 1.59. The van der Waals surface area contributed by atoms with Gasteiger partial charge in [0.05, 0.1) is 30.2 Å². The van der Waals surface area contributed by atoms with E-state index in [1.807, 2.05) is 49.4 Å². The second-order valence-corrected chi connectivity index (χ2v) is 8.32. The van der Waals surface area contributed by atoms with E-state index in [1.54, 1.807) is 18.2 Å². The maximum absolute atomic E-state index is 12.9. The number of methoxy groups -OCH3 is 1. The molecule has 0 atom stereocenters. The molecule has 31 heavy (non-hydrogen) atoms. The van der Waals surface area contributed by atoms with Crippen molar-refractivity contribution in [2.45, 2.75) is 13.5 Å². The van der Waals surface area contributed by atoms with Crippen LogP contribution in [0.15, 0.2) is 59.5 Å². The van der Waals surface area contributed by atoms with Crippen molar-refractivity contribution < 1.29 is 19.1 Å². The fourth-order valence-corrected chi connectivity index (χ4v) is 4.57. The Morgan fingerprint density at radius 3 is 2.58 bits per heavy atom.